The molecule has 4 aromatic rings. The maximum Gasteiger partial charge on any atom is 0.187 e. The summed E-state index contributed by atoms with van der Waals surface area (Å²) >= 11 is 0. The van der Waals surface area contributed by atoms with E-state index in [1.807, 2.05) is 24.4 Å². The summed E-state index contributed by atoms with van der Waals surface area (Å²) in [5.41, 5.74) is 3.81. The first-order valence-corrected chi connectivity index (χ1v) is 9.78. The number of carbonyl (C=O) groups is 1. The molecule has 0 atom stereocenters. The molecule has 0 spiro atoms. The third-order valence-corrected chi connectivity index (χ3v) is 5.41. The van der Waals surface area contributed by atoms with Gasteiger partial charge in [-0.3, -0.25) is 4.79 Å². The van der Waals surface area contributed by atoms with Crippen molar-refractivity contribution in [1.82, 2.24) is 19.6 Å². The molecule has 0 radical (unpaired) electrons. The fourth-order valence-electron chi connectivity index (χ4n) is 3.88. The Balaban J connectivity index is 1.53. The van der Waals surface area contributed by atoms with Crippen LogP contribution in [0.5, 0.6) is 0 Å². The molecule has 0 saturated carbocycles. The van der Waals surface area contributed by atoms with Crippen LogP contribution in [-0.4, -0.2) is 25.3 Å². The molecule has 2 aromatic carbocycles. The highest BCUT2D eigenvalue weighted by Crippen LogP contribution is 2.27. The predicted molar refractivity (Wildman–Crippen MR) is 107 cm³/mol. The van der Waals surface area contributed by atoms with Crippen molar-refractivity contribution >= 4 is 5.78 Å². The average molecular weight is 404 g/mol. The van der Waals surface area contributed by atoms with Gasteiger partial charge in [-0.1, -0.05) is 12.1 Å². The van der Waals surface area contributed by atoms with Crippen LogP contribution in [0.1, 0.15) is 33.7 Å². The molecule has 0 unspecified atom stereocenters. The number of rotatable bonds is 4. The van der Waals surface area contributed by atoms with E-state index in [0.717, 1.165) is 54.0 Å². The fraction of sp³-hybridized carbons (Fsp3) is 0.174. The second kappa shape index (κ2) is 7.33. The zero-order valence-corrected chi connectivity index (χ0v) is 16.1. The first-order valence-electron chi connectivity index (χ1n) is 9.78. The molecule has 150 valence electrons. The minimum absolute atomic E-state index is 0.213. The Hall–Kier alpha value is -3.61. The Bertz CT molecular complexity index is 1220. The number of hydrogen-bond donors (Lipinski definition) is 0. The van der Waals surface area contributed by atoms with Gasteiger partial charge in [0.15, 0.2) is 5.78 Å². The van der Waals surface area contributed by atoms with Gasteiger partial charge in [-0.25, -0.2) is 18.1 Å². The third-order valence-electron chi connectivity index (χ3n) is 5.41. The Kier molecular flexibility index (Phi) is 4.50. The molecule has 5 rings (SSSR count). The van der Waals surface area contributed by atoms with Crippen LogP contribution in [0, 0.1) is 11.6 Å². The van der Waals surface area contributed by atoms with Crippen molar-refractivity contribution in [2.24, 2.45) is 0 Å². The molecule has 1 aliphatic rings. The van der Waals surface area contributed by atoms with E-state index in [4.69, 9.17) is 0 Å². The van der Waals surface area contributed by atoms with E-state index >= 15 is 0 Å². The molecular formula is C23H18F2N4O. The number of halogens is 2. The molecule has 0 amide bonds. The second-order valence-electron chi connectivity index (χ2n) is 7.35. The monoisotopic (exact) mass is 404 g/mol. The van der Waals surface area contributed by atoms with Crippen LogP contribution >= 0.6 is 0 Å². The highest BCUT2D eigenvalue weighted by Gasteiger charge is 2.22. The zero-order chi connectivity index (χ0) is 20.7. The fourth-order valence-corrected chi connectivity index (χ4v) is 3.88. The number of nitrogens with zero attached hydrogens (tertiary/aromatic N) is 4. The highest BCUT2D eigenvalue weighted by atomic mass is 19.1. The number of Topliss-reactive ketones (excluding diaryl/α,β-unsaturated/α-hetero) is 1. The summed E-state index contributed by atoms with van der Waals surface area (Å²) in [6.45, 7) is 0. The second-order valence-corrected chi connectivity index (χ2v) is 7.35. The summed E-state index contributed by atoms with van der Waals surface area (Å²) in [5, 5.41) is 8.80. The maximum absolute atomic E-state index is 14.0. The lowest BCUT2D eigenvalue weighted by atomic mass is 10.0. The van der Waals surface area contributed by atoms with Crippen LogP contribution in [0.3, 0.4) is 0 Å². The van der Waals surface area contributed by atoms with Crippen molar-refractivity contribution in [3.05, 3.63) is 95.1 Å². The van der Waals surface area contributed by atoms with Crippen LogP contribution in [0.4, 0.5) is 8.78 Å². The molecule has 2 aromatic heterocycles. The van der Waals surface area contributed by atoms with Gasteiger partial charge >= 0.3 is 0 Å². The number of fused-ring (bicyclic) bond motifs is 3. The molecule has 0 saturated heterocycles. The van der Waals surface area contributed by atoms with Crippen molar-refractivity contribution in [3.8, 4) is 11.4 Å². The molecule has 7 heteroatoms. The summed E-state index contributed by atoms with van der Waals surface area (Å²) in [6.07, 6.45) is 5.80. The third kappa shape index (κ3) is 3.22. The van der Waals surface area contributed by atoms with E-state index in [2.05, 4.69) is 16.3 Å². The Labute approximate surface area is 171 Å². The largest absolute Gasteiger partial charge is 0.292 e. The number of ketones is 1. The van der Waals surface area contributed by atoms with Crippen LogP contribution in [0.2, 0.25) is 0 Å². The van der Waals surface area contributed by atoms with Crippen molar-refractivity contribution in [1.29, 1.82) is 0 Å². The van der Waals surface area contributed by atoms with Gasteiger partial charge in [-0.2, -0.15) is 10.2 Å². The smallest absolute Gasteiger partial charge is 0.187 e. The van der Waals surface area contributed by atoms with Crippen LogP contribution in [0.25, 0.3) is 11.4 Å². The normalized spacial score (nSPS) is 12.9. The Morgan fingerprint density at radius 2 is 1.87 bits per heavy atom. The van der Waals surface area contributed by atoms with Crippen molar-refractivity contribution < 1.29 is 13.6 Å². The minimum Gasteiger partial charge on any atom is -0.292 e. The van der Waals surface area contributed by atoms with Gasteiger partial charge in [-0.15, -0.1) is 0 Å². The average Bonchev–Trinajstić information content (AvgIpc) is 3.39. The summed E-state index contributed by atoms with van der Waals surface area (Å²) in [5.74, 6) is -1.86. The summed E-state index contributed by atoms with van der Waals surface area (Å²) < 4.78 is 31.5. The maximum atomic E-state index is 14.0. The number of aromatic nitrogens is 4. The first kappa shape index (κ1) is 18.4. The summed E-state index contributed by atoms with van der Waals surface area (Å²) in [6, 6.07) is 13.2. The van der Waals surface area contributed by atoms with Crippen LogP contribution < -0.4 is 0 Å². The summed E-state index contributed by atoms with van der Waals surface area (Å²) in [7, 11) is 0. The van der Waals surface area contributed by atoms with E-state index in [1.54, 1.807) is 21.6 Å². The number of benzene rings is 2. The molecular weight excluding hydrogens is 386 g/mol. The Morgan fingerprint density at radius 3 is 2.63 bits per heavy atom. The lowest BCUT2D eigenvalue weighted by Crippen LogP contribution is -2.09. The minimum atomic E-state index is -0.724. The lowest BCUT2D eigenvalue weighted by Gasteiger charge is -2.11. The van der Waals surface area contributed by atoms with Crippen LogP contribution in [-0.2, 0) is 19.3 Å². The van der Waals surface area contributed by atoms with Gasteiger partial charge < -0.3 is 0 Å². The topological polar surface area (TPSA) is 52.7 Å². The number of carbonyl (C=O) groups excluding carboxylic acids is 1. The molecule has 5 nitrogen and oxygen atoms in total. The van der Waals surface area contributed by atoms with E-state index in [-0.39, 0.29) is 17.7 Å². The number of hydrogen-bond acceptors (Lipinski definition) is 3. The van der Waals surface area contributed by atoms with Crippen molar-refractivity contribution in [2.75, 3.05) is 0 Å². The van der Waals surface area contributed by atoms with Gasteiger partial charge in [-0.05, 0) is 61.2 Å². The van der Waals surface area contributed by atoms with E-state index < -0.39 is 17.4 Å². The van der Waals surface area contributed by atoms with Gasteiger partial charge in [0.1, 0.15) is 17.3 Å². The molecule has 0 bridgehead atoms. The molecule has 0 N–H and O–H groups in total. The quantitative estimate of drug-likeness (QED) is 0.478. The molecule has 0 fully saturated rings. The van der Waals surface area contributed by atoms with Gasteiger partial charge in [0.25, 0.3) is 0 Å². The zero-order valence-electron chi connectivity index (χ0n) is 16.1. The molecule has 30 heavy (non-hydrogen) atoms. The van der Waals surface area contributed by atoms with Crippen molar-refractivity contribution in [3.63, 3.8) is 0 Å². The van der Waals surface area contributed by atoms with E-state index in [1.165, 1.54) is 6.07 Å². The first-order chi connectivity index (χ1) is 14.6. The highest BCUT2D eigenvalue weighted by molar-refractivity contribution is 5.96. The van der Waals surface area contributed by atoms with E-state index in [9.17, 15) is 13.6 Å². The van der Waals surface area contributed by atoms with Crippen molar-refractivity contribution in [2.45, 2.75) is 25.7 Å². The molecule has 3 heterocycles. The molecule has 1 aliphatic heterocycles. The van der Waals surface area contributed by atoms with Gasteiger partial charge in [0, 0.05) is 30.1 Å². The van der Waals surface area contributed by atoms with Crippen LogP contribution in [0.15, 0.2) is 60.9 Å². The number of aryl methyl sites for hydroxylation is 2. The lowest BCUT2D eigenvalue weighted by molar-refractivity contribution is 0.0985. The standard InChI is InChI=1S/C23H18F2N4O/c24-19-6-2-7-20(25)18(19)14-23(30)21-12-17-5-1-4-15-8-9-16(28-11-3-10-26-28)13-22(15)29(17)27-21/h2-3,6-13H,1,4-5,14H2. The van der Waals surface area contributed by atoms with Gasteiger partial charge in [0.05, 0.1) is 11.4 Å². The SMILES string of the molecule is O=C(Cc1c(F)cccc1F)c1cc2n(n1)-c1cc(-n3cccn3)ccc1CCC2. The molecule has 0 aliphatic carbocycles. The van der Waals surface area contributed by atoms with Gasteiger partial charge in [0.2, 0.25) is 0 Å². The summed E-state index contributed by atoms with van der Waals surface area (Å²) in [4.78, 5) is 12.8. The predicted octanol–water partition coefficient (Wildman–Crippen LogP) is 4.25. The van der Waals surface area contributed by atoms with E-state index in [0.29, 0.717) is 0 Å². The Morgan fingerprint density at radius 1 is 1.03 bits per heavy atom.